The predicted octanol–water partition coefficient (Wildman–Crippen LogP) is 4.12. The molecule has 43 heavy (non-hydrogen) atoms. The molecule has 0 aromatic heterocycles. The first-order valence-electron chi connectivity index (χ1n) is 15.2. The molecule has 3 amide bonds. The number of hydrogen-bond acceptors (Lipinski definition) is 6. The number of amides is 3. The van der Waals surface area contributed by atoms with Crippen LogP contribution in [0.4, 0.5) is 5.69 Å². The van der Waals surface area contributed by atoms with Crippen LogP contribution < -0.4 is 4.90 Å². The Morgan fingerprint density at radius 1 is 0.930 bits per heavy atom. The molecule has 0 N–H and O–H groups in total. The number of halogens is 1. The average molecular weight is 609 g/mol. The predicted molar refractivity (Wildman–Crippen MR) is 165 cm³/mol. The molecule has 5 rings (SSSR count). The summed E-state index contributed by atoms with van der Waals surface area (Å²) in [7, 11) is 1.33. The van der Waals surface area contributed by atoms with Crippen LogP contribution in [-0.2, 0) is 14.3 Å². The van der Waals surface area contributed by atoms with Crippen LogP contribution in [0.5, 0.6) is 0 Å². The van der Waals surface area contributed by atoms with Gasteiger partial charge in [0, 0.05) is 74.9 Å². The Kier molecular flexibility index (Phi) is 9.72. The number of piperidine rings is 1. The first-order chi connectivity index (χ1) is 20.6. The van der Waals surface area contributed by atoms with E-state index in [4.69, 9.17) is 16.3 Å². The van der Waals surface area contributed by atoms with Crippen molar-refractivity contribution in [2.45, 2.75) is 33.1 Å². The highest BCUT2D eigenvalue weighted by Gasteiger charge is 2.41. The van der Waals surface area contributed by atoms with Gasteiger partial charge in [-0.15, -0.1) is 0 Å². The Hall–Kier alpha value is -3.43. The van der Waals surface area contributed by atoms with E-state index in [1.54, 1.807) is 31.2 Å². The summed E-state index contributed by atoms with van der Waals surface area (Å²) >= 11 is 6.46. The Morgan fingerprint density at radius 2 is 1.60 bits per heavy atom. The Labute approximate surface area is 258 Å². The first-order valence-corrected chi connectivity index (χ1v) is 15.6. The second kappa shape index (κ2) is 13.5. The minimum absolute atomic E-state index is 0.0493. The number of nitrogens with zero attached hydrogens (tertiary/aromatic N) is 4. The highest BCUT2D eigenvalue weighted by Crippen LogP contribution is 2.33. The summed E-state index contributed by atoms with van der Waals surface area (Å²) in [4.78, 5) is 58.7. The number of fused-ring (bicyclic) bond motifs is 1. The van der Waals surface area contributed by atoms with Crippen molar-refractivity contribution < 1.29 is 23.9 Å². The van der Waals surface area contributed by atoms with Crippen molar-refractivity contribution in [1.29, 1.82) is 0 Å². The lowest BCUT2D eigenvalue weighted by Gasteiger charge is -2.34. The fraction of sp³-hybridized carbons (Fsp3) is 0.515. The number of rotatable bonds is 8. The number of esters is 1. The normalized spacial score (nSPS) is 20.7. The number of aryl methyl sites for hydroxylation is 1. The molecule has 10 heteroatoms. The van der Waals surface area contributed by atoms with Crippen LogP contribution in [0.25, 0.3) is 0 Å². The second-order valence-corrected chi connectivity index (χ2v) is 12.5. The molecule has 0 aliphatic carbocycles. The molecule has 2 atom stereocenters. The van der Waals surface area contributed by atoms with Crippen molar-refractivity contribution in [2.75, 3.05) is 64.4 Å². The zero-order valence-electron chi connectivity index (χ0n) is 25.3. The average Bonchev–Trinajstić information content (AvgIpc) is 3.59. The zero-order valence-corrected chi connectivity index (χ0v) is 26.0. The summed E-state index contributed by atoms with van der Waals surface area (Å²) in [6.07, 6.45) is 2.17. The van der Waals surface area contributed by atoms with Gasteiger partial charge >= 0.3 is 5.97 Å². The van der Waals surface area contributed by atoms with Crippen LogP contribution in [0.15, 0.2) is 42.5 Å². The third-order valence-electron chi connectivity index (χ3n) is 9.26. The van der Waals surface area contributed by atoms with Crippen LogP contribution in [0.1, 0.15) is 52.5 Å². The fourth-order valence-electron chi connectivity index (χ4n) is 6.75. The van der Waals surface area contributed by atoms with Crippen molar-refractivity contribution in [2.24, 2.45) is 17.8 Å². The van der Waals surface area contributed by atoms with Crippen LogP contribution in [0, 0.1) is 24.7 Å². The smallest absolute Gasteiger partial charge is 0.337 e. The number of methoxy groups -OCH3 is 1. The lowest BCUT2D eigenvalue weighted by molar-refractivity contribution is -0.133. The maximum Gasteiger partial charge on any atom is 0.337 e. The molecule has 3 heterocycles. The Morgan fingerprint density at radius 3 is 2.23 bits per heavy atom. The summed E-state index contributed by atoms with van der Waals surface area (Å²) < 4.78 is 4.80. The summed E-state index contributed by atoms with van der Waals surface area (Å²) in [6.45, 7) is 9.47. The van der Waals surface area contributed by atoms with Crippen LogP contribution in [0.2, 0.25) is 5.02 Å². The lowest BCUT2D eigenvalue weighted by Crippen LogP contribution is -2.44. The molecule has 3 aliphatic heterocycles. The van der Waals surface area contributed by atoms with Gasteiger partial charge in [-0.3, -0.25) is 14.4 Å². The number of anilines is 1. The van der Waals surface area contributed by atoms with Gasteiger partial charge in [-0.25, -0.2) is 4.79 Å². The summed E-state index contributed by atoms with van der Waals surface area (Å²) in [5, 5.41) is 0.644. The molecule has 0 saturated carbocycles. The molecular weight excluding hydrogens is 568 g/mol. The van der Waals surface area contributed by atoms with Crippen molar-refractivity contribution >= 4 is 41.0 Å². The molecule has 3 saturated heterocycles. The minimum Gasteiger partial charge on any atom is -0.465 e. The number of benzene rings is 2. The van der Waals surface area contributed by atoms with Gasteiger partial charge in [0.25, 0.3) is 5.91 Å². The van der Waals surface area contributed by atoms with E-state index in [-0.39, 0.29) is 23.6 Å². The number of likely N-dealkylation sites (tertiary alicyclic amines) is 3. The molecule has 2 unspecified atom stereocenters. The van der Waals surface area contributed by atoms with Gasteiger partial charge in [0.15, 0.2) is 0 Å². The molecule has 9 nitrogen and oxygen atoms in total. The van der Waals surface area contributed by atoms with Gasteiger partial charge in [0.05, 0.1) is 12.7 Å². The van der Waals surface area contributed by atoms with Gasteiger partial charge < -0.3 is 24.3 Å². The maximum atomic E-state index is 13.8. The van der Waals surface area contributed by atoms with E-state index in [1.807, 2.05) is 39.8 Å². The van der Waals surface area contributed by atoms with E-state index in [2.05, 4.69) is 4.90 Å². The zero-order chi connectivity index (χ0) is 30.7. The third-order valence-corrected chi connectivity index (χ3v) is 9.67. The fourth-order valence-corrected chi connectivity index (χ4v) is 6.92. The molecule has 0 spiro atoms. The molecule has 0 bridgehead atoms. The van der Waals surface area contributed by atoms with E-state index in [1.165, 1.54) is 7.11 Å². The van der Waals surface area contributed by atoms with Gasteiger partial charge in [0.1, 0.15) is 0 Å². The molecular formula is C33H41ClN4O5. The summed E-state index contributed by atoms with van der Waals surface area (Å²) in [5.41, 5.74) is 2.67. The monoisotopic (exact) mass is 608 g/mol. The van der Waals surface area contributed by atoms with Gasteiger partial charge in [-0.05, 0) is 80.5 Å². The van der Waals surface area contributed by atoms with Gasteiger partial charge in [0.2, 0.25) is 11.8 Å². The lowest BCUT2D eigenvalue weighted by atomic mass is 9.94. The number of hydrogen-bond donors (Lipinski definition) is 0. The molecule has 2 aromatic rings. The number of carbonyl (C=O) groups excluding carboxylic acids is 4. The molecule has 2 aromatic carbocycles. The first kappa shape index (κ1) is 31.0. The largest absolute Gasteiger partial charge is 0.465 e. The maximum absolute atomic E-state index is 13.8. The third kappa shape index (κ3) is 7.04. The quantitative estimate of drug-likeness (QED) is 0.419. The highest BCUT2D eigenvalue weighted by atomic mass is 35.5. The van der Waals surface area contributed by atoms with Crippen molar-refractivity contribution in [3.05, 3.63) is 64.2 Å². The van der Waals surface area contributed by atoms with E-state index >= 15 is 0 Å². The van der Waals surface area contributed by atoms with E-state index < -0.39 is 5.97 Å². The second-order valence-electron chi connectivity index (χ2n) is 12.1. The topological polar surface area (TPSA) is 90.5 Å². The summed E-state index contributed by atoms with van der Waals surface area (Å²) in [5.74, 6) is 0.370. The molecule has 3 aliphatic rings. The Bertz CT molecular complexity index is 1360. The minimum atomic E-state index is -0.451. The number of carbonyl (C=O) groups is 4. The van der Waals surface area contributed by atoms with Crippen molar-refractivity contribution in [3.8, 4) is 0 Å². The summed E-state index contributed by atoms with van der Waals surface area (Å²) in [6, 6.07) is 12.5. The number of ether oxygens (including phenoxy) is 1. The van der Waals surface area contributed by atoms with Crippen LogP contribution >= 0.6 is 11.6 Å². The van der Waals surface area contributed by atoms with E-state index in [0.29, 0.717) is 73.6 Å². The standard InChI is InChI=1S/C33H41ClN4O5/c1-22-8-9-29(17-30(22)34)38(32(41)24-10-14-36(15-11-24)23(2)39)13-5-12-35-18-27-20-37(21-28(27)19-35)31(40)25-6-4-7-26(16-25)33(42)43-3/h4,6-9,16-17,24,27-28H,5,10-15,18-21H2,1-3H3. The SMILES string of the molecule is COC(=O)c1cccc(C(=O)N2CC3CN(CCCN(C(=O)C4CCN(C(C)=O)CC4)c4ccc(C)c(Cl)c4)CC3C2)c1. The van der Waals surface area contributed by atoms with Gasteiger partial charge in [-0.1, -0.05) is 23.7 Å². The molecule has 3 fully saturated rings. The Balaban J connectivity index is 1.16. The van der Waals surface area contributed by atoms with Gasteiger partial charge in [-0.2, -0.15) is 0 Å². The van der Waals surface area contributed by atoms with Crippen molar-refractivity contribution in [3.63, 3.8) is 0 Å². The van der Waals surface area contributed by atoms with E-state index in [9.17, 15) is 19.2 Å². The van der Waals surface area contributed by atoms with E-state index in [0.717, 1.165) is 37.3 Å². The molecule has 0 radical (unpaired) electrons. The van der Waals surface area contributed by atoms with Crippen molar-refractivity contribution in [1.82, 2.24) is 14.7 Å². The van der Waals surface area contributed by atoms with Crippen LogP contribution in [-0.4, -0.2) is 97.9 Å². The van der Waals surface area contributed by atoms with Crippen LogP contribution in [0.3, 0.4) is 0 Å². The highest BCUT2D eigenvalue weighted by molar-refractivity contribution is 6.31. The molecule has 230 valence electrons.